The van der Waals surface area contributed by atoms with E-state index in [0.29, 0.717) is 35.2 Å². The Morgan fingerprint density at radius 1 is 1.24 bits per heavy atom. The van der Waals surface area contributed by atoms with Gasteiger partial charge in [-0.1, -0.05) is 82.9 Å². The Hall–Kier alpha value is -3.79. The van der Waals surface area contributed by atoms with E-state index in [1.807, 2.05) is 31.3 Å². The number of aliphatic imine (C=N–C) groups is 1. The highest BCUT2D eigenvalue weighted by molar-refractivity contribution is 6.15. The molecule has 1 aromatic heterocycles. The van der Waals surface area contributed by atoms with Crippen molar-refractivity contribution in [1.29, 1.82) is 0 Å². The Morgan fingerprint density at radius 3 is 2.67 bits per heavy atom. The number of hydrogen-bond acceptors (Lipinski definition) is 4. The molecule has 1 saturated heterocycles. The third-order valence-electron chi connectivity index (χ3n) is 8.44. The van der Waals surface area contributed by atoms with E-state index < -0.39 is 0 Å². The highest BCUT2D eigenvalue weighted by atomic mass is 16.1. The SMILES string of the molecule is C=C/C(C)=C\Cc1cnc(C2=CC(=O)C(=C)CC(/C=C\C(=C/C)N3CCC(CCC)C(=C)[C@H](C)C3)=N2)cc1C(=C)CC. The van der Waals surface area contributed by atoms with Crippen LogP contribution >= 0.6 is 0 Å². The summed E-state index contributed by atoms with van der Waals surface area (Å²) in [7, 11) is 0. The smallest absolute Gasteiger partial charge is 0.183 e. The number of likely N-dealkylation sites (tertiary alicyclic amines) is 1. The molecule has 4 heteroatoms. The standard InChI is InChI=1S/C38H49N3O/c1-10-14-31-19-20-41(25-29(8)30(31)9)34(13-4)18-17-33-21-28(7)38(42)23-37(40-33)36-22-35(27(6)12-3)32(24-39-36)16-15-26(5)11-2/h11,13,15,17-18,22-24,29,31H,2,6-7,9-10,12,14,16,19-21,25H2,1,3-5,8H3/b18-17-,26-15-,34-13+/t29-,31?/m1/s1. The zero-order chi connectivity index (χ0) is 30.8. The number of pyridine rings is 1. The maximum atomic E-state index is 13.0. The molecule has 0 saturated carbocycles. The van der Waals surface area contributed by atoms with Crippen molar-refractivity contribution in [3.8, 4) is 0 Å². The summed E-state index contributed by atoms with van der Waals surface area (Å²) in [4.78, 5) is 25.1. The van der Waals surface area contributed by atoms with Crippen molar-refractivity contribution in [3.63, 3.8) is 0 Å². The fourth-order valence-electron chi connectivity index (χ4n) is 5.56. The van der Waals surface area contributed by atoms with Gasteiger partial charge in [0.1, 0.15) is 0 Å². The lowest BCUT2D eigenvalue weighted by molar-refractivity contribution is -0.111. The molecule has 3 heterocycles. The second-order valence-electron chi connectivity index (χ2n) is 11.6. The highest BCUT2D eigenvalue weighted by Crippen LogP contribution is 2.32. The summed E-state index contributed by atoms with van der Waals surface area (Å²) in [6.45, 7) is 29.4. The Morgan fingerprint density at radius 2 is 2.00 bits per heavy atom. The van der Waals surface area contributed by atoms with Gasteiger partial charge in [-0.25, -0.2) is 0 Å². The predicted molar refractivity (Wildman–Crippen MR) is 181 cm³/mol. The lowest BCUT2D eigenvalue weighted by Gasteiger charge is -2.26. The summed E-state index contributed by atoms with van der Waals surface area (Å²) < 4.78 is 0. The zero-order valence-corrected chi connectivity index (χ0v) is 26.5. The minimum Gasteiger partial charge on any atom is -0.371 e. The maximum Gasteiger partial charge on any atom is 0.183 e. The molecule has 3 rings (SSSR count). The summed E-state index contributed by atoms with van der Waals surface area (Å²) in [6, 6.07) is 2.02. The Labute approximate surface area is 254 Å². The number of nitrogens with zero attached hydrogens (tertiary/aromatic N) is 3. The summed E-state index contributed by atoms with van der Waals surface area (Å²) >= 11 is 0. The summed E-state index contributed by atoms with van der Waals surface area (Å²) in [5.74, 6) is 0.906. The van der Waals surface area contributed by atoms with E-state index in [-0.39, 0.29) is 5.78 Å². The molecule has 0 amide bonds. The van der Waals surface area contributed by atoms with Crippen LogP contribution in [0.25, 0.3) is 11.3 Å². The van der Waals surface area contributed by atoms with Crippen LogP contribution in [-0.4, -0.2) is 34.5 Å². The quantitative estimate of drug-likeness (QED) is 0.153. The molecule has 0 radical (unpaired) electrons. The minimum absolute atomic E-state index is 0.114. The number of aromatic nitrogens is 1. The summed E-state index contributed by atoms with van der Waals surface area (Å²) in [5, 5.41) is 0. The molecular formula is C38H49N3O. The maximum absolute atomic E-state index is 13.0. The van der Waals surface area contributed by atoms with Crippen LogP contribution < -0.4 is 0 Å². The van der Waals surface area contributed by atoms with Crippen molar-refractivity contribution in [2.45, 2.75) is 73.1 Å². The van der Waals surface area contributed by atoms with Gasteiger partial charge in [-0.05, 0) is 91.9 Å². The molecule has 0 bridgehead atoms. The molecule has 0 aliphatic carbocycles. The van der Waals surface area contributed by atoms with Crippen LogP contribution in [0.1, 0.15) is 83.5 Å². The van der Waals surface area contributed by atoms with Gasteiger partial charge in [0.25, 0.3) is 0 Å². The van der Waals surface area contributed by atoms with Crippen molar-refractivity contribution >= 4 is 22.8 Å². The van der Waals surface area contributed by atoms with Gasteiger partial charge < -0.3 is 4.90 Å². The molecule has 0 aromatic carbocycles. The van der Waals surface area contributed by atoms with Gasteiger partial charge in [-0.3, -0.25) is 14.8 Å². The van der Waals surface area contributed by atoms with E-state index in [9.17, 15) is 4.79 Å². The van der Waals surface area contributed by atoms with E-state index in [1.165, 1.54) is 18.4 Å². The van der Waals surface area contributed by atoms with Gasteiger partial charge in [-0.15, -0.1) is 0 Å². The third kappa shape index (κ3) is 8.38. The molecule has 2 aliphatic rings. The number of carbonyl (C=O) groups excluding carboxylic acids is 1. The van der Waals surface area contributed by atoms with Crippen LogP contribution in [0.15, 0.2) is 102 Å². The molecule has 42 heavy (non-hydrogen) atoms. The summed E-state index contributed by atoms with van der Waals surface area (Å²) in [6.07, 6.45) is 19.2. The van der Waals surface area contributed by atoms with Crippen LogP contribution in [0.3, 0.4) is 0 Å². The minimum atomic E-state index is -0.114. The van der Waals surface area contributed by atoms with Crippen LogP contribution in [0, 0.1) is 11.8 Å². The van der Waals surface area contributed by atoms with Gasteiger partial charge in [-0.2, -0.15) is 0 Å². The topological polar surface area (TPSA) is 45.6 Å². The van der Waals surface area contributed by atoms with E-state index in [0.717, 1.165) is 66.0 Å². The highest BCUT2D eigenvalue weighted by Gasteiger charge is 2.25. The second-order valence-corrected chi connectivity index (χ2v) is 11.6. The first-order chi connectivity index (χ1) is 20.1. The van der Waals surface area contributed by atoms with Gasteiger partial charge in [0.2, 0.25) is 0 Å². The van der Waals surface area contributed by atoms with E-state index in [2.05, 4.69) is 77.1 Å². The van der Waals surface area contributed by atoms with Crippen molar-refractivity contribution in [2.75, 3.05) is 13.1 Å². The third-order valence-corrected chi connectivity index (χ3v) is 8.44. The average molecular weight is 564 g/mol. The first kappa shape index (κ1) is 32.7. The van der Waals surface area contributed by atoms with Crippen LogP contribution in [0.4, 0.5) is 0 Å². The van der Waals surface area contributed by atoms with Gasteiger partial charge in [0.15, 0.2) is 5.78 Å². The van der Waals surface area contributed by atoms with Gasteiger partial charge >= 0.3 is 0 Å². The van der Waals surface area contributed by atoms with Gasteiger partial charge in [0, 0.05) is 43.2 Å². The Balaban J connectivity index is 1.93. The Kier molecular flexibility index (Phi) is 12.0. The molecule has 1 aromatic rings. The van der Waals surface area contributed by atoms with Crippen LogP contribution in [-0.2, 0) is 11.2 Å². The van der Waals surface area contributed by atoms with E-state index in [4.69, 9.17) is 9.98 Å². The molecule has 1 fully saturated rings. The predicted octanol–water partition coefficient (Wildman–Crippen LogP) is 9.26. The monoisotopic (exact) mass is 563 g/mol. The van der Waals surface area contributed by atoms with Crippen molar-refractivity contribution in [1.82, 2.24) is 9.88 Å². The summed E-state index contributed by atoms with van der Waals surface area (Å²) in [5.41, 5.74) is 9.36. The van der Waals surface area contributed by atoms with Crippen molar-refractivity contribution in [2.24, 2.45) is 16.8 Å². The lowest BCUT2D eigenvalue weighted by Crippen LogP contribution is -2.26. The Bertz CT molecular complexity index is 1380. The molecule has 222 valence electrons. The number of allylic oxidation sites excluding steroid dienone is 9. The lowest BCUT2D eigenvalue weighted by atomic mass is 9.86. The first-order valence-electron chi connectivity index (χ1n) is 15.4. The molecule has 4 nitrogen and oxygen atoms in total. The largest absolute Gasteiger partial charge is 0.371 e. The van der Waals surface area contributed by atoms with Crippen LogP contribution in [0.2, 0.25) is 0 Å². The van der Waals surface area contributed by atoms with Crippen molar-refractivity contribution < 1.29 is 4.79 Å². The molecule has 2 atom stereocenters. The number of ketones is 1. The fraction of sp³-hybridized carbons (Fsp3) is 0.395. The molecular weight excluding hydrogens is 514 g/mol. The number of hydrogen-bond donors (Lipinski definition) is 0. The second kappa shape index (κ2) is 15.4. The molecule has 2 aliphatic heterocycles. The first-order valence-corrected chi connectivity index (χ1v) is 15.4. The van der Waals surface area contributed by atoms with E-state index in [1.54, 1.807) is 6.08 Å². The fourth-order valence-corrected chi connectivity index (χ4v) is 5.56. The van der Waals surface area contributed by atoms with Crippen LogP contribution in [0.5, 0.6) is 0 Å². The molecule has 0 N–H and O–H groups in total. The van der Waals surface area contributed by atoms with E-state index >= 15 is 0 Å². The zero-order valence-electron chi connectivity index (χ0n) is 26.5. The van der Waals surface area contributed by atoms with Crippen molar-refractivity contribution in [3.05, 3.63) is 114 Å². The molecule has 1 unspecified atom stereocenters. The molecule has 0 spiro atoms. The van der Waals surface area contributed by atoms with Gasteiger partial charge in [0.05, 0.1) is 11.4 Å². The number of rotatable bonds is 11. The number of carbonyl (C=O) groups is 1. The average Bonchev–Trinajstić information content (AvgIpc) is 3.22. The normalized spacial score (nSPS) is 20.8.